The third-order valence-electron chi connectivity index (χ3n) is 5.82. The first-order chi connectivity index (χ1) is 18.6. The SMILES string of the molecule is Cc1cc(N=C(NC(=O)N(C)C(C)C)N(C=O)Cc2ccc(Cl)cc2)ccc1OCc1ccc(C(=O)O)cn1. The van der Waals surface area contributed by atoms with Gasteiger partial charge in [-0.15, -0.1) is 0 Å². The summed E-state index contributed by atoms with van der Waals surface area (Å²) in [6.07, 6.45) is 1.89. The molecule has 0 spiro atoms. The lowest BCUT2D eigenvalue weighted by atomic mass is 10.2. The van der Waals surface area contributed by atoms with Gasteiger partial charge in [0.15, 0.2) is 0 Å². The number of halogens is 1. The molecule has 0 bridgehead atoms. The summed E-state index contributed by atoms with van der Waals surface area (Å²) in [5.74, 6) is -0.403. The number of carboxylic acid groups (broad SMARTS) is 1. The summed E-state index contributed by atoms with van der Waals surface area (Å²) in [7, 11) is 1.66. The molecule has 204 valence electrons. The summed E-state index contributed by atoms with van der Waals surface area (Å²) < 4.78 is 5.85. The molecule has 0 saturated heterocycles. The van der Waals surface area contributed by atoms with Crippen LogP contribution in [0.3, 0.4) is 0 Å². The first-order valence-electron chi connectivity index (χ1n) is 12.1. The van der Waals surface area contributed by atoms with E-state index in [0.29, 0.717) is 28.6 Å². The van der Waals surface area contributed by atoms with Crippen molar-refractivity contribution in [3.63, 3.8) is 0 Å². The van der Waals surface area contributed by atoms with Crippen molar-refractivity contribution < 1.29 is 24.2 Å². The number of aliphatic imine (C=N–C) groups is 1. The quantitative estimate of drug-likeness (QED) is 0.219. The second kappa shape index (κ2) is 13.4. The van der Waals surface area contributed by atoms with E-state index in [1.807, 2.05) is 20.8 Å². The van der Waals surface area contributed by atoms with Crippen LogP contribution in [-0.2, 0) is 17.9 Å². The van der Waals surface area contributed by atoms with E-state index in [-0.39, 0.29) is 30.7 Å². The number of aryl methyl sites for hydroxylation is 1. The molecule has 0 aliphatic carbocycles. The summed E-state index contributed by atoms with van der Waals surface area (Å²) in [6, 6.07) is 14.8. The maximum absolute atomic E-state index is 12.8. The van der Waals surface area contributed by atoms with E-state index in [2.05, 4.69) is 15.3 Å². The number of aromatic nitrogens is 1. The molecule has 0 fully saturated rings. The molecular weight excluding hydrogens is 522 g/mol. The van der Waals surface area contributed by atoms with Crippen molar-refractivity contribution in [2.45, 2.75) is 40.0 Å². The lowest BCUT2D eigenvalue weighted by Gasteiger charge is -2.25. The fourth-order valence-corrected chi connectivity index (χ4v) is 3.43. The molecule has 1 heterocycles. The van der Waals surface area contributed by atoms with Crippen LogP contribution in [0.15, 0.2) is 65.8 Å². The summed E-state index contributed by atoms with van der Waals surface area (Å²) in [5, 5.41) is 12.3. The normalized spacial score (nSPS) is 11.2. The molecule has 39 heavy (non-hydrogen) atoms. The zero-order valence-corrected chi connectivity index (χ0v) is 22.8. The molecule has 3 rings (SSSR count). The number of urea groups is 1. The van der Waals surface area contributed by atoms with Crippen molar-refractivity contribution in [2.75, 3.05) is 7.05 Å². The molecule has 2 N–H and O–H groups in total. The molecule has 0 unspecified atom stereocenters. The molecule has 0 saturated carbocycles. The highest BCUT2D eigenvalue weighted by atomic mass is 35.5. The molecule has 10 nitrogen and oxygen atoms in total. The Kier molecular flexibility index (Phi) is 9.99. The van der Waals surface area contributed by atoms with Crippen molar-refractivity contribution >= 4 is 41.7 Å². The predicted molar refractivity (Wildman–Crippen MR) is 148 cm³/mol. The van der Waals surface area contributed by atoms with E-state index < -0.39 is 12.0 Å². The number of nitrogens with zero attached hydrogens (tertiary/aromatic N) is 4. The van der Waals surface area contributed by atoms with Crippen LogP contribution in [0, 0.1) is 6.92 Å². The van der Waals surface area contributed by atoms with E-state index in [9.17, 15) is 14.4 Å². The Morgan fingerprint density at radius 2 is 1.87 bits per heavy atom. The van der Waals surface area contributed by atoms with Crippen molar-refractivity contribution in [1.29, 1.82) is 0 Å². The molecule has 11 heteroatoms. The maximum atomic E-state index is 12.8. The minimum absolute atomic E-state index is 0.0632. The third kappa shape index (κ3) is 8.27. The summed E-state index contributed by atoms with van der Waals surface area (Å²) in [5.41, 5.74) is 2.73. The zero-order chi connectivity index (χ0) is 28.5. The highest BCUT2D eigenvalue weighted by Crippen LogP contribution is 2.25. The standard InChI is InChI=1S/C28H30ClN5O5/c1-18(2)33(4)28(38)32-27(34(17-35)15-20-5-8-22(29)9-6-20)31-23-11-12-25(19(3)13-23)39-16-24-10-7-21(14-30-24)26(36)37/h5-14,17-18H,15-16H2,1-4H3,(H,36,37)(H,31,32,38). The molecule has 3 aromatic rings. The highest BCUT2D eigenvalue weighted by molar-refractivity contribution is 6.30. The van der Waals surface area contributed by atoms with Crippen LogP contribution in [0.1, 0.15) is 41.0 Å². The topological polar surface area (TPSA) is 124 Å². The number of hydrogen-bond acceptors (Lipinski definition) is 6. The van der Waals surface area contributed by atoms with E-state index in [0.717, 1.165) is 11.1 Å². The van der Waals surface area contributed by atoms with Gasteiger partial charge in [0.25, 0.3) is 0 Å². The van der Waals surface area contributed by atoms with Crippen molar-refractivity contribution in [3.8, 4) is 5.75 Å². The van der Waals surface area contributed by atoms with Gasteiger partial charge in [0, 0.05) is 24.3 Å². The highest BCUT2D eigenvalue weighted by Gasteiger charge is 2.19. The second-order valence-corrected chi connectivity index (χ2v) is 9.45. The number of guanidine groups is 1. The number of rotatable bonds is 9. The second-order valence-electron chi connectivity index (χ2n) is 9.01. The lowest BCUT2D eigenvalue weighted by molar-refractivity contribution is -0.115. The number of nitrogens with one attached hydrogen (secondary N) is 1. The molecule has 1 aromatic heterocycles. The molecule has 0 aliphatic heterocycles. The molecule has 0 atom stereocenters. The van der Waals surface area contributed by atoms with Crippen LogP contribution in [-0.4, -0.2) is 57.3 Å². The van der Waals surface area contributed by atoms with Crippen molar-refractivity contribution in [2.24, 2.45) is 4.99 Å². The summed E-state index contributed by atoms with van der Waals surface area (Å²) in [4.78, 5) is 47.4. The Hall–Kier alpha value is -4.44. The van der Waals surface area contributed by atoms with Gasteiger partial charge in [-0.1, -0.05) is 23.7 Å². The Morgan fingerprint density at radius 1 is 1.15 bits per heavy atom. The van der Waals surface area contributed by atoms with Gasteiger partial charge < -0.3 is 14.7 Å². The number of pyridine rings is 1. The van der Waals surface area contributed by atoms with Gasteiger partial charge in [0.1, 0.15) is 12.4 Å². The smallest absolute Gasteiger partial charge is 0.337 e. The third-order valence-corrected chi connectivity index (χ3v) is 6.07. The first-order valence-corrected chi connectivity index (χ1v) is 12.5. The molecule has 0 radical (unpaired) electrons. The van der Waals surface area contributed by atoms with Gasteiger partial charge in [-0.3, -0.25) is 20.0 Å². The van der Waals surface area contributed by atoms with Crippen molar-refractivity contribution in [3.05, 3.63) is 88.2 Å². The summed E-state index contributed by atoms with van der Waals surface area (Å²) >= 11 is 5.98. The van der Waals surface area contributed by atoms with Crippen molar-refractivity contribution in [1.82, 2.24) is 20.1 Å². The Balaban J connectivity index is 1.83. The summed E-state index contributed by atoms with van der Waals surface area (Å²) in [6.45, 7) is 5.90. The number of amides is 3. The van der Waals surface area contributed by atoms with Gasteiger partial charge in [0.2, 0.25) is 12.4 Å². The monoisotopic (exact) mass is 551 g/mol. The Bertz CT molecular complexity index is 1340. The Morgan fingerprint density at radius 3 is 2.44 bits per heavy atom. The fourth-order valence-electron chi connectivity index (χ4n) is 3.31. The first kappa shape index (κ1) is 29.1. The zero-order valence-electron chi connectivity index (χ0n) is 22.1. The number of carbonyl (C=O) groups excluding carboxylic acids is 2. The van der Waals surface area contributed by atoms with Crippen LogP contribution in [0.4, 0.5) is 10.5 Å². The van der Waals surface area contributed by atoms with Gasteiger partial charge in [-0.2, -0.15) is 0 Å². The van der Waals surface area contributed by atoms with Crippen LogP contribution in [0.2, 0.25) is 5.02 Å². The van der Waals surface area contributed by atoms with Crippen LogP contribution in [0.25, 0.3) is 0 Å². The largest absolute Gasteiger partial charge is 0.487 e. The molecule has 3 amide bonds. The lowest BCUT2D eigenvalue weighted by Crippen LogP contribution is -2.49. The van der Waals surface area contributed by atoms with Crippen LogP contribution < -0.4 is 10.1 Å². The van der Waals surface area contributed by atoms with Gasteiger partial charge in [-0.25, -0.2) is 14.6 Å². The van der Waals surface area contributed by atoms with Gasteiger partial charge in [0.05, 0.1) is 23.5 Å². The number of benzene rings is 2. The molecule has 2 aromatic carbocycles. The van der Waals surface area contributed by atoms with Gasteiger partial charge in [-0.05, 0) is 74.4 Å². The van der Waals surface area contributed by atoms with E-state index in [1.165, 1.54) is 22.1 Å². The minimum Gasteiger partial charge on any atom is -0.487 e. The average Bonchev–Trinajstić information content (AvgIpc) is 2.91. The minimum atomic E-state index is -1.05. The number of hydrogen-bond donors (Lipinski definition) is 2. The van der Waals surface area contributed by atoms with Crippen LogP contribution >= 0.6 is 11.6 Å². The maximum Gasteiger partial charge on any atom is 0.337 e. The molecular formula is C28H30ClN5O5. The number of aromatic carboxylic acids is 1. The van der Waals surface area contributed by atoms with E-state index >= 15 is 0 Å². The molecule has 0 aliphatic rings. The average molecular weight is 552 g/mol. The fraction of sp³-hybridized carbons (Fsp3) is 0.250. The van der Waals surface area contributed by atoms with E-state index in [4.69, 9.17) is 21.4 Å². The number of carbonyl (C=O) groups is 3. The number of carboxylic acids is 1. The van der Waals surface area contributed by atoms with Gasteiger partial charge >= 0.3 is 12.0 Å². The predicted octanol–water partition coefficient (Wildman–Crippen LogP) is 5.02. The Labute approximate surface area is 231 Å². The number of ether oxygens (including phenoxy) is 1. The van der Waals surface area contributed by atoms with Crippen LogP contribution in [0.5, 0.6) is 5.75 Å². The van der Waals surface area contributed by atoms with E-state index in [1.54, 1.807) is 55.6 Å².